The van der Waals surface area contributed by atoms with Crippen LogP contribution in [0.25, 0.3) is 0 Å². The van der Waals surface area contributed by atoms with Gasteiger partial charge in [-0.05, 0) is 42.4 Å². The summed E-state index contributed by atoms with van der Waals surface area (Å²) < 4.78 is 13.9. The zero-order chi connectivity index (χ0) is 11.3. The van der Waals surface area contributed by atoms with Gasteiger partial charge >= 0.3 is 0 Å². The second-order valence-electron chi connectivity index (χ2n) is 5.05. The SMILES string of the molecule is NC1(c2ccc(F)cc2Br)C2CCCCC21. The maximum absolute atomic E-state index is 13.1. The van der Waals surface area contributed by atoms with Gasteiger partial charge in [0.1, 0.15) is 5.82 Å². The van der Waals surface area contributed by atoms with E-state index in [4.69, 9.17) is 5.73 Å². The molecule has 0 amide bonds. The van der Waals surface area contributed by atoms with Gasteiger partial charge in [0.2, 0.25) is 0 Å². The van der Waals surface area contributed by atoms with E-state index in [1.165, 1.54) is 37.8 Å². The van der Waals surface area contributed by atoms with Gasteiger partial charge in [0.15, 0.2) is 0 Å². The summed E-state index contributed by atoms with van der Waals surface area (Å²) >= 11 is 3.44. The van der Waals surface area contributed by atoms with Crippen LogP contribution in [0, 0.1) is 17.7 Å². The summed E-state index contributed by atoms with van der Waals surface area (Å²) in [4.78, 5) is 0. The Morgan fingerprint density at radius 2 is 1.88 bits per heavy atom. The smallest absolute Gasteiger partial charge is 0.124 e. The van der Waals surface area contributed by atoms with Crippen LogP contribution in [-0.4, -0.2) is 0 Å². The summed E-state index contributed by atoms with van der Waals surface area (Å²) in [5.41, 5.74) is 7.41. The zero-order valence-electron chi connectivity index (χ0n) is 9.05. The monoisotopic (exact) mass is 283 g/mol. The van der Waals surface area contributed by atoms with Crippen LogP contribution in [0.5, 0.6) is 0 Å². The van der Waals surface area contributed by atoms with Gasteiger partial charge in [-0.2, -0.15) is 0 Å². The first-order chi connectivity index (χ1) is 7.64. The molecule has 0 saturated heterocycles. The highest BCUT2D eigenvalue weighted by Crippen LogP contribution is 2.63. The summed E-state index contributed by atoms with van der Waals surface area (Å²) in [6.07, 6.45) is 5.04. The number of halogens is 2. The molecular formula is C13H15BrFN. The second kappa shape index (κ2) is 3.54. The molecule has 1 aromatic rings. The molecule has 86 valence electrons. The lowest BCUT2D eigenvalue weighted by Crippen LogP contribution is -2.24. The van der Waals surface area contributed by atoms with Crippen molar-refractivity contribution in [2.24, 2.45) is 17.6 Å². The molecule has 2 aliphatic rings. The lowest BCUT2D eigenvalue weighted by Gasteiger charge is -2.14. The molecule has 2 N–H and O–H groups in total. The van der Waals surface area contributed by atoms with Crippen LogP contribution in [0.2, 0.25) is 0 Å². The number of benzene rings is 1. The molecule has 1 aromatic carbocycles. The number of fused-ring (bicyclic) bond motifs is 1. The molecule has 2 fully saturated rings. The maximum atomic E-state index is 13.1. The molecule has 0 spiro atoms. The molecule has 0 radical (unpaired) electrons. The maximum Gasteiger partial charge on any atom is 0.124 e. The van der Waals surface area contributed by atoms with Gasteiger partial charge in [-0.1, -0.05) is 34.8 Å². The van der Waals surface area contributed by atoms with Crippen molar-refractivity contribution in [2.75, 3.05) is 0 Å². The van der Waals surface area contributed by atoms with E-state index in [1.54, 1.807) is 0 Å². The third kappa shape index (κ3) is 1.37. The van der Waals surface area contributed by atoms with E-state index in [-0.39, 0.29) is 11.4 Å². The van der Waals surface area contributed by atoms with Crippen LogP contribution in [0.1, 0.15) is 31.2 Å². The molecule has 0 aliphatic heterocycles. The Morgan fingerprint density at radius 1 is 1.25 bits per heavy atom. The third-order valence-electron chi connectivity index (χ3n) is 4.28. The fraction of sp³-hybridized carbons (Fsp3) is 0.538. The summed E-state index contributed by atoms with van der Waals surface area (Å²) in [6, 6.07) is 4.88. The Labute approximate surface area is 103 Å². The molecule has 2 atom stereocenters. The molecule has 2 saturated carbocycles. The van der Waals surface area contributed by atoms with Gasteiger partial charge in [-0.25, -0.2) is 4.39 Å². The number of hydrogen-bond donors (Lipinski definition) is 1. The molecule has 3 heteroatoms. The van der Waals surface area contributed by atoms with E-state index in [0.717, 1.165) is 10.0 Å². The van der Waals surface area contributed by atoms with Crippen molar-refractivity contribution in [2.45, 2.75) is 31.2 Å². The van der Waals surface area contributed by atoms with E-state index in [2.05, 4.69) is 15.9 Å². The van der Waals surface area contributed by atoms with E-state index in [1.807, 2.05) is 6.07 Å². The Hall–Kier alpha value is -0.410. The van der Waals surface area contributed by atoms with Crippen molar-refractivity contribution in [3.8, 4) is 0 Å². The van der Waals surface area contributed by atoms with Gasteiger partial charge in [0.25, 0.3) is 0 Å². The Bertz CT molecular complexity index is 420. The average Bonchev–Trinajstić information content (AvgIpc) is 2.86. The molecular weight excluding hydrogens is 269 g/mol. The summed E-state index contributed by atoms with van der Waals surface area (Å²) in [7, 11) is 0. The van der Waals surface area contributed by atoms with Crippen LogP contribution in [0.3, 0.4) is 0 Å². The topological polar surface area (TPSA) is 26.0 Å². The summed E-state index contributed by atoms with van der Waals surface area (Å²) in [5.74, 6) is 1.02. The van der Waals surface area contributed by atoms with Gasteiger partial charge in [-0.3, -0.25) is 0 Å². The highest BCUT2D eigenvalue weighted by molar-refractivity contribution is 9.10. The Morgan fingerprint density at radius 3 is 2.44 bits per heavy atom. The van der Waals surface area contributed by atoms with Crippen LogP contribution >= 0.6 is 15.9 Å². The van der Waals surface area contributed by atoms with Crippen molar-refractivity contribution in [1.82, 2.24) is 0 Å². The van der Waals surface area contributed by atoms with Crippen molar-refractivity contribution in [3.63, 3.8) is 0 Å². The normalized spacial score (nSPS) is 36.9. The fourth-order valence-corrected chi connectivity index (χ4v) is 4.11. The van der Waals surface area contributed by atoms with Crippen molar-refractivity contribution >= 4 is 15.9 Å². The fourth-order valence-electron chi connectivity index (χ4n) is 3.41. The van der Waals surface area contributed by atoms with Gasteiger partial charge in [0.05, 0.1) is 0 Å². The van der Waals surface area contributed by atoms with Crippen molar-refractivity contribution in [3.05, 3.63) is 34.1 Å². The first-order valence-electron chi connectivity index (χ1n) is 5.88. The molecule has 3 rings (SSSR count). The summed E-state index contributed by atoms with van der Waals surface area (Å²) in [6.45, 7) is 0. The van der Waals surface area contributed by atoms with Gasteiger partial charge in [-0.15, -0.1) is 0 Å². The Balaban J connectivity index is 1.98. The quantitative estimate of drug-likeness (QED) is 0.838. The first-order valence-corrected chi connectivity index (χ1v) is 6.67. The van der Waals surface area contributed by atoms with E-state index in [9.17, 15) is 4.39 Å². The molecule has 16 heavy (non-hydrogen) atoms. The van der Waals surface area contributed by atoms with Crippen LogP contribution in [-0.2, 0) is 5.54 Å². The molecule has 1 nitrogen and oxygen atoms in total. The van der Waals surface area contributed by atoms with Gasteiger partial charge < -0.3 is 5.73 Å². The first kappa shape index (κ1) is 10.7. The molecule has 0 bridgehead atoms. The molecule has 2 unspecified atom stereocenters. The standard InChI is InChI=1S/C13H15BrFN/c14-12-7-8(15)5-6-11(12)13(16)9-3-1-2-4-10(9)13/h5-7,9-10H,1-4,16H2. The Kier molecular flexibility index (Phi) is 2.37. The molecule has 0 aromatic heterocycles. The van der Waals surface area contributed by atoms with Gasteiger partial charge in [0, 0.05) is 10.0 Å². The predicted molar refractivity (Wildman–Crippen MR) is 65.4 cm³/mol. The van der Waals surface area contributed by atoms with Crippen LogP contribution < -0.4 is 5.73 Å². The minimum atomic E-state index is -0.206. The highest BCUT2D eigenvalue weighted by Gasteiger charge is 2.63. The van der Waals surface area contributed by atoms with E-state index < -0.39 is 0 Å². The van der Waals surface area contributed by atoms with E-state index in [0.29, 0.717) is 11.8 Å². The summed E-state index contributed by atoms with van der Waals surface area (Å²) in [5, 5.41) is 0. The zero-order valence-corrected chi connectivity index (χ0v) is 10.6. The number of hydrogen-bond acceptors (Lipinski definition) is 1. The lowest BCUT2D eigenvalue weighted by atomic mass is 10.0. The largest absolute Gasteiger partial charge is 0.321 e. The molecule has 0 heterocycles. The van der Waals surface area contributed by atoms with E-state index >= 15 is 0 Å². The minimum Gasteiger partial charge on any atom is -0.321 e. The van der Waals surface area contributed by atoms with Crippen molar-refractivity contribution < 1.29 is 4.39 Å². The predicted octanol–water partition coefficient (Wildman–Crippen LogP) is 3.56. The average molecular weight is 284 g/mol. The number of rotatable bonds is 1. The molecule has 2 aliphatic carbocycles. The highest BCUT2D eigenvalue weighted by atomic mass is 79.9. The second-order valence-corrected chi connectivity index (χ2v) is 5.91. The number of nitrogens with two attached hydrogens (primary N) is 1. The lowest BCUT2D eigenvalue weighted by molar-refractivity contribution is 0.480. The van der Waals surface area contributed by atoms with Crippen molar-refractivity contribution in [1.29, 1.82) is 0 Å². The van der Waals surface area contributed by atoms with Crippen LogP contribution in [0.4, 0.5) is 4.39 Å². The van der Waals surface area contributed by atoms with Crippen LogP contribution in [0.15, 0.2) is 22.7 Å². The minimum absolute atomic E-state index is 0.191. The third-order valence-corrected chi connectivity index (χ3v) is 4.94.